The molecule has 154 valence electrons. The Balaban J connectivity index is 2.46. The van der Waals surface area contributed by atoms with Gasteiger partial charge >= 0.3 is 0 Å². The summed E-state index contributed by atoms with van der Waals surface area (Å²) in [7, 11) is 6.86. The molecule has 0 atom stereocenters. The first-order valence-electron chi connectivity index (χ1n) is 8.36. The average molecular weight is 404 g/mol. The van der Waals surface area contributed by atoms with Crippen molar-refractivity contribution in [3.8, 4) is 51.6 Å². The smallest absolute Gasteiger partial charge is 0.239 e. The molecule has 0 amide bonds. The molecule has 0 saturated heterocycles. The maximum atomic E-state index is 13.1. The van der Waals surface area contributed by atoms with Gasteiger partial charge in [-0.15, -0.1) is 0 Å². The second kappa shape index (κ2) is 7.70. The zero-order chi connectivity index (χ0) is 21.3. The van der Waals surface area contributed by atoms with E-state index in [0.717, 1.165) is 0 Å². The Bertz CT molecular complexity index is 1130. The minimum Gasteiger partial charge on any atom is -0.504 e. The molecule has 0 saturated carbocycles. The predicted octanol–water partition coefficient (Wildman–Crippen LogP) is 2.91. The molecule has 0 bridgehead atoms. The van der Waals surface area contributed by atoms with Crippen LogP contribution in [0, 0.1) is 0 Å². The van der Waals surface area contributed by atoms with E-state index in [4.69, 9.17) is 28.1 Å². The van der Waals surface area contributed by atoms with E-state index < -0.39 is 16.9 Å². The summed E-state index contributed by atoms with van der Waals surface area (Å²) in [6.07, 6.45) is 0. The third kappa shape index (κ3) is 3.00. The molecule has 0 aliphatic heterocycles. The minimum absolute atomic E-state index is 0.0562. The number of aromatic hydroxyl groups is 2. The second-order valence-corrected chi connectivity index (χ2v) is 5.83. The summed E-state index contributed by atoms with van der Waals surface area (Å²) >= 11 is 0. The van der Waals surface area contributed by atoms with Crippen molar-refractivity contribution in [3.63, 3.8) is 0 Å². The molecule has 3 aromatic rings. The van der Waals surface area contributed by atoms with Crippen LogP contribution in [0.3, 0.4) is 0 Å². The van der Waals surface area contributed by atoms with Gasteiger partial charge in [0.1, 0.15) is 5.39 Å². The van der Waals surface area contributed by atoms with Gasteiger partial charge in [-0.2, -0.15) is 0 Å². The highest BCUT2D eigenvalue weighted by Crippen LogP contribution is 2.50. The quantitative estimate of drug-likeness (QED) is 0.598. The number of rotatable bonds is 6. The lowest BCUT2D eigenvalue weighted by Gasteiger charge is -2.16. The van der Waals surface area contributed by atoms with Crippen LogP contribution < -0.4 is 29.1 Å². The van der Waals surface area contributed by atoms with Crippen molar-refractivity contribution in [2.24, 2.45) is 0 Å². The lowest BCUT2D eigenvalue weighted by atomic mass is 10.1. The number of ether oxygens (including phenoxy) is 5. The Labute approximate surface area is 165 Å². The van der Waals surface area contributed by atoms with Crippen molar-refractivity contribution < 1.29 is 38.3 Å². The zero-order valence-corrected chi connectivity index (χ0v) is 16.5. The molecule has 0 aliphatic carbocycles. The molecule has 29 heavy (non-hydrogen) atoms. The van der Waals surface area contributed by atoms with E-state index in [0.29, 0.717) is 17.1 Å². The van der Waals surface area contributed by atoms with Gasteiger partial charge in [0.15, 0.2) is 28.6 Å². The Morgan fingerprint density at radius 1 is 0.759 bits per heavy atom. The molecule has 2 aromatic carbocycles. The Morgan fingerprint density at radius 2 is 1.38 bits per heavy atom. The molecule has 0 fully saturated rings. The van der Waals surface area contributed by atoms with Gasteiger partial charge in [-0.25, -0.2) is 0 Å². The van der Waals surface area contributed by atoms with Crippen LogP contribution in [0.5, 0.6) is 40.2 Å². The molecule has 1 aromatic heterocycles. The van der Waals surface area contributed by atoms with E-state index >= 15 is 0 Å². The summed E-state index contributed by atoms with van der Waals surface area (Å²) in [6.45, 7) is 0. The SMILES string of the molecule is COc1ccc(-c2oc3c(OC)c(OC)c(O)c(O)c3c(=O)c2OC)cc1OC. The van der Waals surface area contributed by atoms with E-state index in [1.807, 2.05) is 0 Å². The number of methoxy groups -OCH3 is 5. The Kier molecular flexibility index (Phi) is 5.31. The molecule has 0 radical (unpaired) electrons. The fourth-order valence-electron chi connectivity index (χ4n) is 3.06. The van der Waals surface area contributed by atoms with E-state index in [2.05, 4.69) is 0 Å². The number of benzene rings is 2. The molecular formula is C20H20O9. The van der Waals surface area contributed by atoms with Crippen LogP contribution in [0.15, 0.2) is 27.4 Å². The Morgan fingerprint density at radius 3 is 1.93 bits per heavy atom. The molecule has 0 spiro atoms. The minimum atomic E-state index is -0.705. The lowest BCUT2D eigenvalue weighted by molar-refractivity contribution is 0.320. The lowest BCUT2D eigenvalue weighted by Crippen LogP contribution is -2.09. The van der Waals surface area contributed by atoms with Crippen molar-refractivity contribution >= 4 is 11.0 Å². The van der Waals surface area contributed by atoms with Gasteiger partial charge in [0.25, 0.3) is 0 Å². The van der Waals surface area contributed by atoms with Crippen molar-refractivity contribution in [2.45, 2.75) is 0 Å². The third-order valence-electron chi connectivity index (χ3n) is 4.42. The van der Waals surface area contributed by atoms with Crippen molar-refractivity contribution in [1.82, 2.24) is 0 Å². The first-order valence-corrected chi connectivity index (χ1v) is 8.36. The summed E-state index contributed by atoms with van der Waals surface area (Å²) < 4.78 is 32.1. The van der Waals surface area contributed by atoms with Gasteiger partial charge in [0, 0.05) is 5.56 Å². The molecule has 0 aliphatic rings. The topological polar surface area (TPSA) is 117 Å². The van der Waals surface area contributed by atoms with E-state index in [1.54, 1.807) is 18.2 Å². The van der Waals surface area contributed by atoms with E-state index in [9.17, 15) is 15.0 Å². The fraction of sp³-hybridized carbons (Fsp3) is 0.250. The maximum Gasteiger partial charge on any atom is 0.239 e. The number of fused-ring (bicyclic) bond motifs is 1. The molecular weight excluding hydrogens is 384 g/mol. The molecule has 9 heteroatoms. The number of hydrogen-bond acceptors (Lipinski definition) is 9. The highest BCUT2D eigenvalue weighted by Gasteiger charge is 2.28. The molecule has 9 nitrogen and oxygen atoms in total. The van der Waals surface area contributed by atoms with Crippen LogP contribution in [0.4, 0.5) is 0 Å². The van der Waals surface area contributed by atoms with Gasteiger partial charge in [-0.1, -0.05) is 0 Å². The van der Waals surface area contributed by atoms with Crippen molar-refractivity contribution in [1.29, 1.82) is 0 Å². The third-order valence-corrected chi connectivity index (χ3v) is 4.42. The summed E-state index contributed by atoms with van der Waals surface area (Å²) in [5, 5.41) is 20.3. The van der Waals surface area contributed by atoms with Gasteiger partial charge < -0.3 is 38.3 Å². The van der Waals surface area contributed by atoms with E-state index in [1.165, 1.54) is 35.5 Å². The van der Waals surface area contributed by atoms with Gasteiger partial charge in [0.05, 0.1) is 35.5 Å². The monoisotopic (exact) mass is 404 g/mol. The van der Waals surface area contributed by atoms with E-state index in [-0.39, 0.29) is 34.0 Å². The highest BCUT2D eigenvalue weighted by atomic mass is 16.5. The van der Waals surface area contributed by atoms with Crippen LogP contribution in [-0.2, 0) is 0 Å². The normalized spacial score (nSPS) is 10.7. The average Bonchev–Trinajstić information content (AvgIpc) is 2.74. The predicted molar refractivity (Wildman–Crippen MR) is 104 cm³/mol. The van der Waals surface area contributed by atoms with Gasteiger partial charge in [-0.05, 0) is 18.2 Å². The summed E-state index contributed by atoms with van der Waals surface area (Å²) in [4.78, 5) is 13.1. The maximum absolute atomic E-state index is 13.1. The van der Waals surface area contributed by atoms with Crippen LogP contribution in [0.1, 0.15) is 0 Å². The molecule has 0 unspecified atom stereocenters. The molecule has 3 rings (SSSR count). The number of phenolic OH excluding ortho intramolecular Hbond substituents is 2. The van der Waals surface area contributed by atoms with Crippen molar-refractivity contribution in [3.05, 3.63) is 28.4 Å². The first-order chi connectivity index (χ1) is 13.9. The Hall–Kier alpha value is -3.75. The zero-order valence-electron chi connectivity index (χ0n) is 16.5. The van der Waals surface area contributed by atoms with Crippen LogP contribution in [0.25, 0.3) is 22.3 Å². The number of hydrogen-bond donors (Lipinski definition) is 2. The second-order valence-electron chi connectivity index (χ2n) is 5.83. The van der Waals surface area contributed by atoms with Crippen LogP contribution in [-0.4, -0.2) is 45.8 Å². The van der Waals surface area contributed by atoms with Crippen molar-refractivity contribution in [2.75, 3.05) is 35.5 Å². The molecule has 1 heterocycles. The van der Waals surface area contributed by atoms with Crippen LogP contribution in [0.2, 0.25) is 0 Å². The largest absolute Gasteiger partial charge is 0.504 e. The summed E-state index contributed by atoms with van der Waals surface area (Å²) in [5.74, 6) is -0.798. The first kappa shape index (κ1) is 20.0. The summed E-state index contributed by atoms with van der Waals surface area (Å²) in [6, 6.07) is 4.90. The standard InChI is InChI=1S/C20H20O9/c1-24-10-7-6-9(8-11(10)25-2)16-18(26-3)14(22)12-13(21)15(23)19(27-4)20(28-5)17(12)29-16/h6-8,21,23H,1-5H3. The molecule has 2 N–H and O–H groups in total. The highest BCUT2D eigenvalue weighted by molar-refractivity contribution is 5.96. The summed E-state index contributed by atoms with van der Waals surface area (Å²) in [5.41, 5.74) is -0.366. The van der Waals surface area contributed by atoms with Gasteiger partial charge in [0.2, 0.25) is 28.4 Å². The van der Waals surface area contributed by atoms with Crippen LogP contribution >= 0.6 is 0 Å². The van der Waals surface area contributed by atoms with Gasteiger partial charge in [-0.3, -0.25) is 4.79 Å². The fourth-order valence-corrected chi connectivity index (χ4v) is 3.06. The number of phenols is 2.